The molecule has 0 bridgehead atoms. The van der Waals surface area contributed by atoms with Crippen LogP contribution in [-0.2, 0) is 0 Å². The van der Waals surface area contributed by atoms with Crippen molar-refractivity contribution in [2.45, 2.75) is 20.8 Å². The number of hydrogen-bond donors (Lipinski definition) is 1. The third-order valence-corrected chi connectivity index (χ3v) is 1.89. The Bertz CT molecular complexity index is 53.8. The van der Waals surface area contributed by atoms with Crippen molar-refractivity contribution in [3.05, 3.63) is 0 Å². The Hall–Kier alpha value is 0.210. The summed E-state index contributed by atoms with van der Waals surface area (Å²) in [6, 6.07) is 0. The molecule has 0 atom stereocenters. The lowest BCUT2D eigenvalue weighted by Gasteiger charge is -2.28. The van der Waals surface area contributed by atoms with Crippen molar-refractivity contribution in [3.63, 3.8) is 0 Å². The second kappa shape index (κ2) is 5.03. The number of quaternary nitrogens is 1. The van der Waals surface area contributed by atoms with Crippen LogP contribution in [0.3, 0.4) is 0 Å². The number of rotatable bonds is 3. The summed E-state index contributed by atoms with van der Waals surface area (Å²) in [5.41, 5.74) is 0. The third kappa shape index (κ3) is 3.73. The van der Waals surface area contributed by atoms with Crippen LogP contribution in [0.4, 0.5) is 0 Å². The molecular formula is C6H18ClN2+. The van der Waals surface area contributed by atoms with Crippen LogP contribution in [0.1, 0.15) is 20.8 Å². The second-order valence-electron chi connectivity index (χ2n) is 2.17. The highest BCUT2D eigenvalue weighted by Gasteiger charge is 2.12. The van der Waals surface area contributed by atoms with Crippen LogP contribution in [-0.4, -0.2) is 24.2 Å². The molecule has 9 heavy (non-hydrogen) atoms. The first-order valence-corrected chi connectivity index (χ1v) is 3.33. The first-order valence-electron chi connectivity index (χ1n) is 3.33. The van der Waals surface area contributed by atoms with Gasteiger partial charge in [0.05, 0.1) is 19.6 Å². The molecule has 2 N–H and O–H groups in total. The van der Waals surface area contributed by atoms with Crippen molar-refractivity contribution < 1.29 is 4.59 Å². The van der Waals surface area contributed by atoms with Crippen LogP contribution >= 0.6 is 12.4 Å². The minimum atomic E-state index is 0. The van der Waals surface area contributed by atoms with Gasteiger partial charge >= 0.3 is 0 Å². The van der Waals surface area contributed by atoms with Gasteiger partial charge in [0.15, 0.2) is 0 Å². The van der Waals surface area contributed by atoms with Gasteiger partial charge in [-0.3, -0.25) is 0 Å². The highest BCUT2D eigenvalue weighted by molar-refractivity contribution is 5.85. The first kappa shape index (κ1) is 11.9. The van der Waals surface area contributed by atoms with Gasteiger partial charge in [0.2, 0.25) is 0 Å². The van der Waals surface area contributed by atoms with Gasteiger partial charge in [-0.15, -0.1) is 12.4 Å². The van der Waals surface area contributed by atoms with Gasteiger partial charge in [0.1, 0.15) is 0 Å². The average molecular weight is 154 g/mol. The van der Waals surface area contributed by atoms with Crippen LogP contribution in [0.25, 0.3) is 0 Å². The summed E-state index contributed by atoms with van der Waals surface area (Å²) in [7, 11) is 0. The van der Waals surface area contributed by atoms with E-state index in [4.69, 9.17) is 5.84 Å². The molecule has 0 saturated carbocycles. The average Bonchev–Trinajstić information content (AvgIpc) is 1.87. The van der Waals surface area contributed by atoms with Gasteiger partial charge in [-0.25, -0.2) is 4.59 Å². The predicted octanol–water partition coefficient (Wildman–Crippen LogP) is 1.16. The van der Waals surface area contributed by atoms with Crippen molar-refractivity contribution in [1.82, 2.24) is 0 Å². The van der Waals surface area contributed by atoms with Gasteiger partial charge in [0.25, 0.3) is 0 Å². The van der Waals surface area contributed by atoms with Crippen LogP contribution in [0.2, 0.25) is 0 Å². The smallest absolute Gasteiger partial charge is 0.0931 e. The molecule has 0 spiro atoms. The lowest BCUT2D eigenvalue weighted by molar-refractivity contribution is -0.935. The van der Waals surface area contributed by atoms with E-state index in [1.807, 2.05) is 0 Å². The zero-order valence-corrected chi connectivity index (χ0v) is 7.37. The van der Waals surface area contributed by atoms with Crippen molar-refractivity contribution in [1.29, 1.82) is 0 Å². The zero-order valence-electron chi connectivity index (χ0n) is 6.55. The van der Waals surface area contributed by atoms with E-state index < -0.39 is 0 Å². The molecule has 2 nitrogen and oxygen atoms in total. The van der Waals surface area contributed by atoms with E-state index in [1.165, 1.54) is 0 Å². The molecule has 3 heteroatoms. The van der Waals surface area contributed by atoms with Crippen molar-refractivity contribution in [2.24, 2.45) is 5.84 Å². The summed E-state index contributed by atoms with van der Waals surface area (Å²) in [5.74, 6) is 5.83. The molecule has 0 aromatic carbocycles. The molecule has 0 fully saturated rings. The van der Waals surface area contributed by atoms with Crippen LogP contribution < -0.4 is 5.84 Å². The number of nitrogens with two attached hydrogens (primary N) is 1. The molecule has 0 aromatic heterocycles. The molecule has 0 rings (SSSR count). The van der Waals surface area contributed by atoms with E-state index >= 15 is 0 Å². The monoisotopic (exact) mass is 153 g/mol. The fraction of sp³-hybridized carbons (Fsp3) is 1.00. The van der Waals surface area contributed by atoms with E-state index in [2.05, 4.69) is 20.8 Å². The number of halogens is 1. The molecule has 0 unspecified atom stereocenters. The molecule has 0 amide bonds. The summed E-state index contributed by atoms with van der Waals surface area (Å²) in [5, 5.41) is 0. The highest BCUT2D eigenvalue weighted by atomic mass is 35.5. The molecule has 0 heterocycles. The fourth-order valence-corrected chi connectivity index (χ4v) is 0.671. The molecule has 0 aliphatic carbocycles. The Morgan fingerprint density at radius 3 is 1.22 bits per heavy atom. The Balaban J connectivity index is 0. The standard InChI is InChI=1S/C6H17N2.ClH/c1-4-8(7,5-2)6-3;/h4-7H2,1-3H3;1H/q+1;. The normalized spacial score (nSPS) is 10.7. The van der Waals surface area contributed by atoms with Crippen LogP contribution in [0, 0.1) is 0 Å². The van der Waals surface area contributed by atoms with Gasteiger partial charge in [-0.1, -0.05) is 0 Å². The van der Waals surface area contributed by atoms with Crippen LogP contribution in [0.5, 0.6) is 0 Å². The Morgan fingerprint density at radius 2 is 1.22 bits per heavy atom. The third-order valence-electron chi connectivity index (χ3n) is 1.89. The summed E-state index contributed by atoms with van der Waals surface area (Å²) in [4.78, 5) is 0. The molecule has 0 saturated heterocycles. The molecule has 0 aliphatic rings. The van der Waals surface area contributed by atoms with Gasteiger partial charge in [-0.2, -0.15) is 5.84 Å². The lowest BCUT2D eigenvalue weighted by Crippen LogP contribution is -2.53. The van der Waals surface area contributed by atoms with E-state index in [9.17, 15) is 0 Å². The molecule has 0 radical (unpaired) electrons. The minimum absolute atomic E-state index is 0. The number of hydrogen-bond acceptors (Lipinski definition) is 1. The molecule has 0 aromatic rings. The van der Waals surface area contributed by atoms with Crippen LogP contribution in [0.15, 0.2) is 0 Å². The Kier molecular flexibility index (Phi) is 6.68. The first-order chi connectivity index (χ1) is 3.68. The molecule has 58 valence electrons. The summed E-state index contributed by atoms with van der Waals surface area (Å²) >= 11 is 0. The fourth-order valence-electron chi connectivity index (χ4n) is 0.671. The largest absolute Gasteiger partial charge is 0.249 e. The van der Waals surface area contributed by atoms with E-state index in [-0.39, 0.29) is 12.4 Å². The van der Waals surface area contributed by atoms with Gasteiger partial charge < -0.3 is 0 Å². The van der Waals surface area contributed by atoms with Gasteiger partial charge in [-0.05, 0) is 20.8 Å². The van der Waals surface area contributed by atoms with Crippen molar-refractivity contribution in [2.75, 3.05) is 19.6 Å². The minimum Gasteiger partial charge on any atom is -0.249 e. The van der Waals surface area contributed by atoms with E-state index in [1.54, 1.807) is 0 Å². The molecule has 0 aliphatic heterocycles. The maximum Gasteiger partial charge on any atom is 0.0931 e. The van der Waals surface area contributed by atoms with E-state index in [0.29, 0.717) is 4.59 Å². The van der Waals surface area contributed by atoms with Crippen molar-refractivity contribution in [3.8, 4) is 0 Å². The Morgan fingerprint density at radius 1 is 1.00 bits per heavy atom. The van der Waals surface area contributed by atoms with Crippen molar-refractivity contribution >= 4 is 12.4 Å². The lowest BCUT2D eigenvalue weighted by atomic mass is 10.5. The molecular weight excluding hydrogens is 136 g/mol. The zero-order chi connectivity index (χ0) is 6.62. The second-order valence-corrected chi connectivity index (χ2v) is 2.17. The summed E-state index contributed by atoms with van der Waals surface area (Å²) in [6.07, 6.45) is 0. The topological polar surface area (TPSA) is 26.0 Å². The van der Waals surface area contributed by atoms with Gasteiger partial charge in [0, 0.05) is 0 Å². The summed E-state index contributed by atoms with van der Waals surface area (Å²) < 4.78 is 0.708. The maximum absolute atomic E-state index is 5.83. The highest BCUT2D eigenvalue weighted by Crippen LogP contribution is 1.92. The summed E-state index contributed by atoms with van der Waals surface area (Å²) in [6.45, 7) is 9.46. The SMILES string of the molecule is CC[N+](N)(CC)CC.Cl. The predicted molar refractivity (Wildman–Crippen MR) is 43.3 cm³/mol. The maximum atomic E-state index is 5.83. The quantitative estimate of drug-likeness (QED) is 0.368. The Labute approximate surface area is 64.0 Å². The number of nitrogens with zero attached hydrogens (tertiary/aromatic N) is 1. The van der Waals surface area contributed by atoms with E-state index in [0.717, 1.165) is 19.6 Å².